The van der Waals surface area contributed by atoms with Gasteiger partial charge in [-0.05, 0) is 55.8 Å². The molecular formula is C15H29N. The van der Waals surface area contributed by atoms with Gasteiger partial charge in [0.15, 0.2) is 0 Å². The Labute approximate surface area is 101 Å². The Balaban J connectivity index is 1.89. The first-order chi connectivity index (χ1) is 7.66. The summed E-state index contributed by atoms with van der Waals surface area (Å²) >= 11 is 0. The monoisotopic (exact) mass is 223 g/mol. The molecule has 2 saturated carbocycles. The molecule has 0 aromatic carbocycles. The van der Waals surface area contributed by atoms with Crippen molar-refractivity contribution >= 4 is 0 Å². The minimum atomic E-state index is 0.505. The zero-order valence-corrected chi connectivity index (χ0v) is 11.1. The third kappa shape index (κ3) is 3.00. The number of nitrogens with two attached hydrogens (primary N) is 1. The van der Waals surface area contributed by atoms with Crippen molar-refractivity contribution in [3.05, 3.63) is 0 Å². The van der Waals surface area contributed by atoms with Gasteiger partial charge >= 0.3 is 0 Å². The molecule has 0 amide bonds. The topological polar surface area (TPSA) is 26.0 Å². The van der Waals surface area contributed by atoms with Gasteiger partial charge < -0.3 is 5.73 Å². The molecule has 2 aliphatic carbocycles. The molecule has 0 aliphatic heterocycles. The molecule has 0 saturated heterocycles. The van der Waals surface area contributed by atoms with E-state index in [9.17, 15) is 0 Å². The Morgan fingerprint density at radius 2 is 1.38 bits per heavy atom. The molecule has 2 rings (SSSR count). The van der Waals surface area contributed by atoms with Crippen molar-refractivity contribution in [3.63, 3.8) is 0 Å². The van der Waals surface area contributed by atoms with Gasteiger partial charge in [0.1, 0.15) is 0 Å². The Kier molecular flexibility index (Phi) is 4.29. The number of hydrogen-bond acceptors (Lipinski definition) is 1. The lowest BCUT2D eigenvalue weighted by molar-refractivity contribution is 0.148. The van der Waals surface area contributed by atoms with Crippen molar-refractivity contribution in [1.82, 2.24) is 0 Å². The maximum Gasteiger partial charge on any atom is 0.00958 e. The van der Waals surface area contributed by atoms with E-state index < -0.39 is 0 Å². The van der Waals surface area contributed by atoms with E-state index in [0.717, 1.165) is 23.7 Å². The fourth-order valence-electron chi connectivity index (χ4n) is 4.23. The van der Waals surface area contributed by atoms with Crippen molar-refractivity contribution in [2.75, 3.05) is 0 Å². The summed E-state index contributed by atoms with van der Waals surface area (Å²) in [6, 6.07) is 0.505. The van der Waals surface area contributed by atoms with E-state index in [2.05, 4.69) is 13.8 Å². The predicted molar refractivity (Wildman–Crippen MR) is 70.2 cm³/mol. The summed E-state index contributed by atoms with van der Waals surface area (Å²) in [5, 5.41) is 0. The molecule has 0 spiro atoms. The van der Waals surface area contributed by atoms with E-state index in [1.54, 1.807) is 0 Å². The van der Waals surface area contributed by atoms with Crippen molar-refractivity contribution in [2.45, 2.75) is 71.3 Å². The average molecular weight is 223 g/mol. The summed E-state index contributed by atoms with van der Waals surface area (Å²) in [5.74, 6) is 3.48. The molecule has 2 fully saturated rings. The van der Waals surface area contributed by atoms with Crippen molar-refractivity contribution < 1.29 is 0 Å². The van der Waals surface area contributed by atoms with E-state index in [4.69, 9.17) is 5.73 Å². The number of hydrogen-bond donors (Lipinski definition) is 1. The van der Waals surface area contributed by atoms with Crippen LogP contribution in [0.3, 0.4) is 0 Å². The Bertz CT molecular complexity index is 197. The predicted octanol–water partition coefficient (Wildman–Crippen LogP) is 3.97. The average Bonchev–Trinajstić information content (AvgIpc) is 2.28. The molecular weight excluding hydrogens is 194 g/mol. The Morgan fingerprint density at radius 3 is 1.94 bits per heavy atom. The van der Waals surface area contributed by atoms with E-state index in [0.29, 0.717) is 6.04 Å². The minimum Gasteiger partial charge on any atom is -0.327 e. The SMILES string of the molecule is CC1CC(C)CC(C(N)C2CCCCC2)C1. The van der Waals surface area contributed by atoms with Crippen molar-refractivity contribution in [2.24, 2.45) is 29.4 Å². The van der Waals surface area contributed by atoms with Crippen LogP contribution in [0.15, 0.2) is 0 Å². The molecule has 0 aromatic rings. The highest BCUT2D eigenvalue weighted by atomic mass is 14.7. The maximum atomic E-state index is 6.55. The van der Waals surface area contributed by atoms with E-state index in [1.807, 2.05) is 0 Å². The first-order valence-corrected chi connectivity index (χ1v) is 7.42. The van der Waals surface area contributed by atoms with Gasteiger partial charge in [-0.15, -0.1) is 0 Å². The maximum absolute atomic E-state index is 6.55. The molecule has 0 aromatic heterocycles. The zero-order valence-electron chi connectivity index (χ0n) is 11.1. The van der Waals surface area contributed by atoms with Crippen LogP contribution in [0.1, 0.15) is 65.2 Å². The van der Waals surface area contributed by atoms with Crippen LogP contribution in [0.25, 0.3) is 0 Å². The quantitative estimate of drug-likeness (QED) is 0.753. The van der Waals surface area contributed by atoms with E-state index in [1.165, 1.54) is 51.4 Å². The van der Waals surface area contributed by atoms with Crippen LogP contribution in [0.5, 0.6) is 0 Å². The molecule has 2 N–H and O–H groups in total. The van der Waals surface area contributed by atoms with Crippen LogP contribution in [0.2, 0.25) is 0 Å². The van der Waals surface area contributed by atoms with Crippen LogP contribution in [-0.2, 0) is 0 Å². The van der Waals surface area contributed by atoms with Gasteiger partial charge in [-0.3, -0.25) is 0 Å². The van der Waals surface area contributed by atoms with Gasteiger partial charge in [0.2, 0.25) is 0 Å². The van der Waals surface area contributed by atoms with Gasteiger partial charge in [-0.2, -0.15) is 0 Å². The minimum absolute atomic E-state index is 0.505. The van der Waals surface area contributed by atoms with Crippen LogP contribution in [-0.4, -0.2) is 6.04 Å². The molecule has 3 unspecified atom stereocenters. The molecule has 0 heterocycles. The van der Waals surface area contributed by atoms with Crippen molar-refractivity contribution in [3.8, 4) is 0 Å². The summed E-state index contributed by atoms with van der Waals surface area (Å²) in [5.41, 5.74) is 6.55. The second kappa shape index (κ2) is 5.53. The highest BCUT2D eigenvalue weighted by Crippen LogP contribution is 2.38. The summed E-state index contributed by atoms with van der Waals surface area (Å²) in [7, 11) is 0. The van der Waals surface area contributed by atoms with Gasteiger partial charge in [0.05, 0.1) is 0 Å². The molecule has 94 valence electrons. The van der Waals surface area contributed by atoms with Crippen LogP contribution in [0, 0.1) is 23.7 Å². The molecule has 0 bridgehead atoms. The largest absolute Gasteiger partial charge is 0.327 e. The lowest BCUT2D eigenvalue weighted by Crippen LogP contribution is -2.41. The highest BCUT2D eigenvalue weighted by molar-refractivity contribution is 4.87. The standard InChI is InChI=1S/C15H29N/c1-11-8-12(2)10-14(9-11)15(16)13-6-4-3-5-7-13/h11-15H,3-10,16H2,1-2H3. The molecule has 1 nitrogen and oxygen atoms in total. The third-order valence-corrected chi connectivity index (χ3v) is 4.95. The lowest BCUT2D eigenvalue weighted by Gasteiger charge is -2.39. The zero-order chi connectivity index (χ0) is 11.5. The fourth-order valence-corrected chi connectivity index (χ4v) is 4.23. The smallest absolute Gasteiger partial charge is 0.00958 e. The fraction of sp³-hybridized carbons (Fsp3) is 1.00. The molecule has 1 heteroatoms. The summed E-state index contributed by atoms with van der Waals surface area (Å²) < 4.78 is 0. The van der Waals surface area contributed by atoms with Gasteiger partial charge in [0, 0.05) is 6.04 Å². The van der Waals surface area contributed by atoms with Gasteiger partial charge in [-0.25, -0.2) is 0 Å². The lowest BCUT2D eigenvalue weighted by atomic mass is 9.69. The van der Waals surface area contributed by atoms with E-state index in [-0.39, 0.29) is 0 Å². The van der Waals surface area contributed by atoms with Gasteiger partial charge in [0.25, 0.3) is 0 Å². The molecule has 0 radical (unpaired) electrons. The Hall–Kier alpha value is -0.0400. The van der Waals surface area contributed by atoms with Gasteiger partial charge in [-0.1, -0.05) is 33.1 Å². The van der Waals surface area contributed by atoms with Crippen LogP contribution in [0.4, 0.5) is 0 Å². The second-order valence-corrected chi connectivity index (χ2v) is 6.65. The third-order valence-electron chi connectivity index (χ3n) is 4.95. The first kappa shape index (κ1) is 12.4. The van der Waals surface area contributed by atoms with Crippen molar-refractivity contribution in [1.29, 1.82) is 0 Å². The van der Waals surface area contributed by atoms with Crippen LogP contribution < -0.4 is 5.73 Å². The van der Waals surface area contributed by atoms with E-state index >= 15 is 0 Å². The molecule has 2 aliphatic rings. The van der Waals surface area contributed by atoms with Crippen LogP contribution >= 0.6 is 0 Å². The Morgan fingerprint density at radius 1 is 0.812 bits per heavy atom. The second-order valence-electron chi connectivity index (χ2n) is 6.65. The summed E-state index contributed by atoms with van der Waals surface area (Å²) in [6.07, 6.45) is 11.3. The molecule has 16 heavy (non-hydrogen) atoms. The number of rotatable bonds is 2. The molecule has 3 atom stereocenters. The normalized spacial score (nSPS) is 39.6. The first-order valence-electron chi connectivity index (χ1n) is 7.42. The summed E-state index contributed by atoms with van der Waals surface area (Å²) in [4.78, 5) is 0. The highest BCUT2D eigenvalue weighted by Gasteiger charge is 2.32. The summed E-state index contributed by atoms with van der Waals surface area (Å²) in [6.45, 7) is 4.83.